The molecule has 0 aliphatic carbocycles. The lowest BCUT2D eigenvalue weighted by Gasteiger charge is -2.40. The topological polar surface area (TPSA) is 18.5 Å². The summed E-state index contributed by atoms with van der Waals surface area (Å²) in [5.74, 6) is 0. The van der Waals surface area contributed by atoms with Crippen molar-refractivity contribution >= 4 is 0 Å². The maximum Gasteiger partial charge on any atom is 0.0110 e. The van der Waals surface area contributed by atoms with Crippen LogP contribution in [-0.4, -0.2) is 62.2 Å². The summed E-state index contributed by atoms with van der Waals surface area (Å²) in [4.78, 5) is 5.23. The number of likely N-dealkylation sites (N-methyl/N-ethyl adjacent to an activating group) is 1. The molecule has 1 rings (SSSR count). The molecular formula is C16H35N3. The zero-order valence-electron chi connectivity index (χ0n) is 13.7. The number of nitrogens with one attached hydrogen (secondary N) is 1. The van der Waals surface area contributed by atoms with E-state index in [-0.39, 0.29) is 0 Å². The molecule has 0 saturated carbocycles. The predicted octanol–water partition coefficient (Wildman–Crippen LogP) is 2.43. The first-order valence-electron chi connectivity index (χ1n) is 8.29. The lowest BCUT2D eigenvalue weighted by atomic mass is 9.84. The molecule has 0 aromatic heterocycles. The highest BCUT2D eigenvalue weighted by Gasteiger charge is 2.27. The Bertz CT molecular complexity index is 224. The molecule has 0 radical (unpaired) electrons. The van der Waals surface area contributed by atoms with E-state index >= 15 is 0 Å². The minimum Gasteiger partial charge on any atom is -0.316 e. The molecule has 0 bridgehead atoms. The molecule has 114 valence electrons. The minimum absolute atomic E-state index is 0.443. The Morgan fingerprint density at radius 1 is 0.947 bits per heavy atom. The van der Waals surface area contributed by atoms with Crippen molar-refractivity contribution in [2.24, 2.45) is 5.41 Å². The van der Waals surface area contributed by atoms with Crippen molar-refractivity contribution in [2.75, 3.05) is 52.4 Å². The molecule has 1 unspecified atom stereocenters. The number of hydrogen-bond donors (Lipinski definition) is 1. The maximum atomic E-state index is 3.63. The molecule has 1 aliphatic rings. The summed E-state index contributed by atoms with van der Waals surface area (Å²) in [7, 11) is 0. The molecule has 0 spiro atoms. The van der Waals surface area contributed by atoms with Crippen LogP contribution in [0.2, 0.25) is 0 Å². The monoisotopic (exact) mass is 269 g/mol. The standard InChI is InChI=1S/C16H35N3/c1-5-8-16(4,14-17-9-6-2)15-19-12-10-18(7-3)11-13-19/h17H,5-15H2,1-4H3. The Balaban J connectivity index is 2.39. The summed E-state index contributed by atoms with van der Waals surface area (Å²) in [6.45, 7) is 19.1. The lowest BCUT2D eigenvalue weighted by Crippen LogP contribution is -2.51. The van der Waals surface area contributed by atoms with E-state index < -0.39 is 0 Å². The summed E-state index contributed by atoms with van der Waals surface area (Å²) in [6, 6.07) is 0. The Morgan fingerprint density at radius 2 is 1.58 bits per heavy atom. The normalized spacial score (nSPS) is 21.5. The third-order valence-electron chi connectivity index (χ3n) is 4.35. The molecule has 0 aromatic carbocycles. The van der Waals surface area contributed by atoms with Gasteiger partial charge in [0, 0.05) is 39.3 Å². The van der Waals surface area contributed by atoms with Crippen LogP contribution in [0, 0.1) is 5.41 Å². The fourth-order valence-corrected chi connectivity index (χ4v) is 3.20. The van der Waals surface area contributed by atoms with Gasteiger partial charge in [0.25, 0.3) is 0 Å². The van der Waals surface area contributed by atoms with Gasteiger partial charge in [0.1, 0.15) is 0 Å². The fraction of sp³-hybridized carbons (Fsp3) is 1.00. The van der Waals surface area contributed by atoms with Crippen LogP contribution in [0.15, 0.2) is 0 Å². The van der Waals surface area contributed by atoms with Crippen molar-refractivity contribution in [3.63, 3.8) is 0 Å². The lowest BCUT2D eigenvalue weighted by molar-refractivity contribution is 0.0884. The van der Waals surface area contributed by atoms with Gasteiger partial charge in [-0.05, 0) is 31.3 Å². The summed E-state index contributed by atoms with van der Waals surface area (Å²) in [5, 5.41) is 3.63. The van der Waals surface area contributed by atoms with Crippen LogP contribution in [0.25, 0.3) is 0 Å². The molecule has 3 nitrogen and oxygen atoms in total. The summed E-state index contributed by atoms with van der Waals surface area (Å²) >= 11 is 0. The molecule has 1 atom stereocenters. The van der Waals surface area contributed by atoms with E-state index in [1.807, 2.05) is 0 Å². The van der Waals surface area contributed by atoms with Crippen molar-refractivity contribution in [1.29, 1.82) is 0 Å². The van der Waals surface area contributed by atoms with E-state index in [4.69, 9.17) is 0 Å². The van der Waals surface area contributed by atoms with E-state index in [2.05, 4.69) is 42.8 Å². The van der Waals surface area contributed by atoms with Crippen LogP contribution in [0.3, 0.4) is 0 Å². The van der Waals surface area contributed by atoms with Gasteiger partial charge < -0.3 is 15.1 Å². The Morgan fingerprint density at radius 3 is 2.11 bits per heavy atom. The van der Waals surface area contributed by atoms with Crippen molar-refractivity contribution in [2.45, 2.75) is 47.0 Å². The third kappa shape index (κ3) is 6.24. The smallest absolute Gasteiger partial charge is 0.0110 e. The van der Waals surface area contributed by atoms with E-state index in [0.717, 1.165) is 6.54 Å². The largest absolute Gasteiger partial charge is 0.316 e. The summed E-state index contributed by atoms with van der Waals surface area (Å²) in [6.07, 6.45) is 3.86. The molecule has 1 fully saturated rings. The SMILES string of the molecule is CCCNCC(C)(CCC)CN1CCN(CC)CC1. The molecule has 3 heteroatoms. The van der Waals surface area contributed by atoms with Crippen LogP contribution in [-0.2, 0) is 0 Å². The number of rotatable bonds is 9. The highest BCUT2D eigenvalue weighted by Crippen LogP contribution is 2.24. The number of nitrogens with zero attached hydrogens (tertiary/aromatic N) is 2. The second kappa shape index (κ2) is 8.93. The zero-order chi connectivity index (χ0) is 14.1. The van der Waals surface area contributed by atoms with Crippen LogP contribution in [0.1, 0.15) is 47.0 Å². The Hall–Kier alpha value is -0.120. The molecule has 1 N–H and O–H groups in total. The van der Waals surface area contributed by atoms with Crippen molar-refractivity contribution in [3.05, 3.63) is 0 Å². The minimum atomic E-state index is 0.443. The van der Waals surface area contributed by atoms with Crippen molar-refractivity contribution in [1.82, 2.24) is 15.1 Å². The van der Waals surface area contributed by atoms with Crippen LogP contribution < -0.4 is 5.32 Å². The van der Waals surface area contributed by atoms with Gasteiger partial charge in [0.05, 0.1) is 0 Å². The van der Waals surface area contributed by atoms with E-state index in [1.54, 1.807) is 0 Å². The van der Waals surface area contributed by atoms with E-state index in [0.29, 0.717) is 5.41 Å². The third-order valence-corrected chi connectivity index (χ3v) is 4.35. The van der Waals surface area contributed by atoms with Gasteiger partial charge in [-0.25, -0.2) is 0 Å². The highest BCUT2D eigenvalue weighted by molar-refractivity contribution is 4.83. The number of piperazine rings is 1. The van der Waals surface area contributed by atoms with E-state index in [1.165, 1.54) is 65.1 Å². The Labute approximate surface area is 120 Å². The van der Waals surface area contributed by atoms with Gasteiger partial charge in [-0.15, -0.1) is 0 Å². The molecule has 1 aliphatic heterocycles. The molecule has 1 heterocycles. The first-order chi connectivity index (χ1) is 9.13. The zero-order valence-corrected chi connectivity index (χ0v) is 13.7. The van der Waals surface area contributed by atoms with Gasteiger partial charge in [0.15, 0.2) is 0 Å². The fourth-order valence-electron chi connectivity index (χ4n) is 3.20. The highest BCUT2D eigenvalue weighted by atomic mass is 15.3. The van der Waals surface area contributed by atoms with Gasteiger partial charge in [0.2, 0.25) is 0 Å². The van der Waals surface area contributed by atoms with Crippen molar-refractivity contribution in [3.8, 4) is 0 Å². The average molecular weight is 269 g/mol. The van der Waals surface area contributed by atoms with E-state index in [9.17, 15) is 0 Å². The van der Waals surface area contributed by atoms with Gasteiger partial charge in [-0.1, -0.05) is 34.1 Å². The first kappa shape index (κ1) is 16.9. The van der Waals surface area contributed by atoms with Crippen molar-refractivity contribution < 1.29 is 0 Å². The quantitative estimate of drug-likeness (QED) is 0.649. The summed E-state index contributed by atoms with van der Waals surface area (Å²) < 4.78 is 0. The molecule has 19 heavy (non-hydrogen) atoms. The second-order valence-corrected chi connectivity index (χ2v) is 6.45. The average Bonchev–Trinajstić information content (AvgIpc) is 2.40. The maximum absolute atomic E-state index is 3.63. The van der Waals surface area contributed by atoms with Gasteiger partial charge in [-0.2, -0.15) is 0 Å². The van der Waals surface area contributed by atoms with Gasteiger partial charge in [-0.3, -0.25) is 0 Å². The van der Waals surface area contributed by atoms with Crippen LogP contribution >= 0.6 is 0 Å². The molecule has 1 saturated heterocycles. The van der Waals surface area contributed by atoms with Crippen LogP contribution in [0.5, 0.6) is 0 Å². The van der Waals surface area contributed by atoms with Gasteiger partial charge >= 0.3 is 0 Å². The first-order valence-corrected chi connectivity index (χ1v) is 8.29. The molecule has 0 amide bonds. The molecular weight excluding hydrogens is 234 g/mol. The van der Waals surface area contributed by atoms with Crippen LogP contribution in [0.4, 0.5) is 0 Å². The summed E-state index contributed by atoms with van der Waals surface area (Å²) in [5.41, 5.74) is 0.443. The molecule has 0 aromatic rings. The predicted molar refractivity (Wildman–Crippen MR) is 84.7 cm³/mol. The Kier molecular flexibility index (Phi) is 7.96. The number of hydrogen-bond acceptors (Lipinski definition) is 3. The second-order valence-electron chi connectivity index (χ2n) is 6.45.